The number of hydrogen-bond donors (Lipinski definition) is 2. The average molecular weight is 325 g/mol. The van der Waals surface area contributed by atoms with Crippen LogP contribution in [0.1, 0.15) is 12.8 Å². The fourth-order valence-corrected chi connectivity index (χ4v) is 2.91. The number of urea groups is 1. The van der Waals surface area contributed by atoms with E-state index in [0.29, 0.717) is 22.9 Å². The van der Waals surface area contributed by atoms with Gasteiger partial charge in [-0.25, -0.2) is 14.8 Å². The molecule has 3 aromatic rings. The number of anilines is 1. The van der Waals surface area contributed by atoms with Crippen molar-refractivity contribution in [2.75, 3.05) is 11.9 Å². The first-order chi connectivity index (χ1) is 11.3. The van der Waals surface area contributed by atoms with Gasteiger partial charge in [-0.2, -0.15) is 0 Å². The van der Waals surface area contributed by atoms with E-state index in [1.165, 1.54) is 12.8 Å². The van der Waals surface area contributed by atoms with Crippen LogP contribution in [0.5, 0.6) is 0 Å². The maximum atomic E-state index is 11.8. The van der Waals surface area contributed by atoms with Crippen LogP contribution in [0.15, 0.2) is 35.8 Å². The van der Waals surface area contributed by atoms with Crippen LogP contribution in [0.25, 0.3) is 21.7 Å². The predicted octanol–water partition coefficient (Wildman–Crippen LogP) is 3.28. The number of nitrogens with one attached hydrogen (secondary N) is 2. The minimum Gasteiger partial charge on any atom is -0.338 e. The summed E-state index contributed by atoms with van der Waals surface area (Å²) in [5, 5.41) is 7.59. The van der Waals surface area contributed by atoms with E-state index in [0.717, 1.165) is 17.1 Å². The van der Waals surface area contributed by atoms with Crippen molar-refractivity contribution < 1.29 is 4.79 Å². The van der Waals surface area contributed by atoms with Gasteiger partial charge in [-0.15, -0.1) is 11.3 Å². The normalized spacial score (nSPS) is 13.9. The molecule has 23 heavy (non-hydrogen) atoms. The van der Waals surface area contributed by atoms with Gasteiger partial charge in [0.05, 0.1) is 11.1 Å². The highest BCUT2D eigenvalue weighted by molar-refractivity contribution is 7.13. The number of pyridine rings is 1. The Hall–Kier alpha value is -2.54. The van der Waals surface area contributed by atoms with Crippen molar-refractivity contribution in [2.24, 2.45) is 5.92 Å². The second kappa shape index (κ2) is 5.92. The molecule has 1 aliphatic rings. The van der Waals surface area contributed by atoms with Crippen LogP contribution >= 0.6 is 11.3 Å². The number of hydrogen-bond acceptors (Lipinski definition) is 5. The van der Waals surface area contributed by atoms with Crippen molar-refractivity contribution in [3.8, 4) is 10.6 Å². The van der Waals surface area contributed by atoms with Crippen molar-refractivity contribution >= 4 is 34.3 Å². The minimum absolute atomic E-state index is 0.230. The van der Waals surface area contributed by atoms with Gasteiger partial charge in [-0.05, 0) is 42.3 Å². The molecule has 1 aliphatic carbocycles. The van der Waals surface area contributed by atoms with E-state index in [2.05, 4.69) is 25.6 Å². The Morgan fingerprint density at radius 1 is 1.26 bits per heavy atom. The van der Waals surface area contributed by atoms with Crippen LogP contribution in [0, 0.1) is 5.92 Å². The van der Waals surface area contributed by atoms with Crippen molar-refractivity contribution in [3.05, 3.63) is 35.8 Å². The lowest BCUT2D eigenvalue weighted by Gasteiger charge is -2.07. The molecule has 0 radical (unpaired) electrons. The first kappa shape index (κ1) is 14.1. The fraction of sp³-hybridized carbons (Fsp3) is 0.250. The monoisotopic (exact) mass is 325 g/mol. The van der Waals surface area contributed by atoms with Gasteiger partial charge in [0.2, 0.25) is 0 Å². The van der Waals surface area contributed by atoms with E-state index in [1.54, 1.807) is 23.6 Å². The molecule has 0 spiro atoms. The highest BCUT2D eigenvalue weighted by atomic mass is 32.1. The molecule has 0 aromatic carbocycles. The quantitative estimate of drug-likeness (QED) is 0.771. The number of carbonyl (C=O) groups is 1. The maximum absolute atomic E-state index is 11.8. The van der Waals surface area contributed by atoms with Crippen molar-refractivity contribution in [1.82, 2.24) is 20.3 Å². The Bertz CT molecular complexity index is 845. The zero-order valence-electron chi connectivity index (χ0n) is 12.3. The Morgan fingerprint density at radius 2 is 2.17 bits per heavy atom. The first-order valence-corrected chi connectivity index (χ1v) is 8.38. The summed E-state index contributed by atoms with van der Waals surface area (Å²) in [6.07, 6.45) is 4.15. The standard InChI is InChI=1S/C16H15N5OS/c22-16(18-8-10-3-4-10)21-14-6-5-11-15(20-14)19-12(9-17-11)13-2-1-7-23-13/h1-2,5-7,9-10H,3-4,8H2,(H2,18,19,20,21,22). The van der Waals surface area contributed by atoms with Crippen molar-refractivity contribution in [1.29, 1.82) is 0 Å². The molecule has 0 saturated heterocycles. The number of carbonyl (C=O) groups excluding carboxylic acids is 1. The summed E-state index contributed by atoms with van der Waals surface area (Å²) in [6.45, 7) is 0.724. The Labute approximate surface area is 137 Å². The molecule has 0 unspecified atom stereocenters. The number of aromatic nitrogens is 3. The third-order valence-electron chi connectivity index (χ3n) is 3.67. The molecule has 2 amide bonds. The molecular weight excluding hydrogens is 310 g/mol. The van der Waals surface area contributed by atoms with E-state index in [1.807, 2.05) is 23.6 Å². The summed E-state index contributed by atoms with van der Waals surface area (Å²) < 4.78 is 0. The molecule has 2 N–H and O–H groups in total. The Kier molecular flexibility index (Phi) is 3.63. The SMILES string of the molecule is O=C(NCC1CC1)Nc1ccc2ncc(-c3cccs3)nc2n1. The molecule has 0 atom stereocenters. The molecule has 1 saturated carbocycles. The molecule has 3 heterocycles. The molecular formula is C16H15N5OS. The number of thiophene rings is 1. The van der Waals surface area contributed by atoms with Gasteiger partial charge in [0.15, 0.2) is 5.65 Å². The molecule has 0 aliphatic heterocycles. The fourth-order valence-electron chi connectivity index (χ4n) is 2.23. The summed E-state index contributed by atoms with van der Waals surface area (Å²) in [4.78, 5) is 26.2. The lowest BCUT2D eigenvalue weighted by molar-refractivity contribution is 0.251. The number of amides is 2. The highest BCUT2D eigenvalue weighted by Crippen LogP contribution is 2.27. The predicted molar refractivity (Wildman–Crippen MR) is 90.4 cm³/mol. The lowest BCUT2D eigenvalue weighted by atomic mass is 10.3. The van der Waals surface area contributed by atoms with E-state index >= 15 is 0 Å². The number of fused-ring (bicyclic) bond motifs is 1. The molecule has 6 nitrogen and oxygen atoms in total. The van der Waals surface area contributed by atoms with Crippen LogP contribution in [0.2, 0.25) is 0 Å². The van der Waals surface area contributed by atoms with Crippen LogP contribution < -0.4 is 10.6 Å². The zero-order valence-corrected chi connectivity index (χ0v) is 13.1. The highest BCUT2D eigenvalue weighted by Gasteiger charge is 2.21. The third kappa shape index (κ3) is 3.29. The van der Waals surface area contributed by atoms with Crippen LogP contribution in [-0.2, 0) is 0 Å². The summed E-state index contributed by atoms with van der Waals surface area (Å²) in [7, 11) is 0. The lowest BCUT2D eigenvalue weighted by Crippen LogP contribution is -2.30. The Morgan fingerprint density at radius 3 is 2.96 bits per heavy atom. The number of rotatable bonds is 4. The topological polar surface area (TPSA) is 79.8 Å². The third-order valence-corrected chi connectivity index (χ3v) is 4.56. The van der Waals surface area contributed by atoms with Crippen LogP contribution in [0.4, 0.5) is 10.6 Å². The summed E-state index contributed by atoms with van der Waals surface area (Å²) in [5.74, 6) is 1.12. The molecule has 0 bridgehead atoms. The molecule has 116 valence electrons. The van der Waals surface area contributed by atoms with E-state index in [9.17, 15) is 4.79 Å². The van der Waals surface area contributed by atoms with Crippen LogP contribution in [-0.4, -0.2) is 27.5 Å². The van der Waals surface area contributed by atoms with Gasteiger partial charge in [0.1, 0.15) is 17.0 Å². The summed E-state index contributed by atoms with van der Waals surface area (Å²) in [5.41, 5.74) is 2.01. The van der Waals surface area contributed by atoms with Gasteiger partial charge in [0.25, 0.3) is 0 Å². The van der Waals surface area contributed by atoms with Gasteiger partial charge < -0.3 is 5.32 Å². The van der Waals surface area contributed by atoms with Gasteiger partial charge in [-0.1, -0.05) is 6.07 Å². The van der Waals surface area contributed by atoms with Crippen molar-refractivity contribution in [2.45, 2.75) is 12.8 Å². The summed E-state index contributed by atoms with van der Waals surface area (Å²) in [6, 6.07) is 7.28. The zero-order chi connectivity index (χ0) is 15.6. The summed E-state index contributed by atoms with van der Waals surface area (Å²) >= 11 is 1.60. The number of nitrogens with zero attached hydrogens (tertiary/aromatic N) is 3. The van der Waals surface area contributed by atoms with Crippen molar-refractivity contribution in [3.63, 3.8) is 0 Å². The maximum Gasteiger partial charge on any atom is 0.320 e. The van der Waals surface area contributed by atoms with E-state index in [4.69, 9.17) is 0 Å². The smallest absolute Gasteiger partial charge is 0.320 e. The van der Waals surface area contributed by atoms with E-state index in [-0.39, 0.29) is 6.03 Å². The average Bonchev–Trinajstić information content (AvgIpc) is 3.24. The van der Waals surface area contributed by atoms with Gasteiger partial charge in [-0.3, -0.25) is 10.3 Å². The second-order valence-corrected chi connectivity index (χ2v) is 6.50. The molecule has 3 aromatic heterocycles. The van der Waals surface area contributed by atoms with Gasteiger partial charge in [0, 0.05) is 6.54 Å². The van der Waals surface area contributed by atoms with Gasteiger partial charge >= 0.3 is 6.03 Å². The molecule has 7 heteroatoms. The van der Waals surface area contributed by atoms with Crippen LogP contribution in [0.3, 0.4) is 0 Å². The Balaban J connectivity index is 1.54. The largest absolute Gasteiger partial charge is 0.338 e. The minimum atomic E-state index is -0.230. The second-order valence-electron chi connectivity index (χ2n) is 5.55. The molecule has 4 rings (SSSR count). The molecule has 1 fully saturated rings. The van der Waals surface area contributed by atoms with E-state index < -0.39 is 0 Å². The first-order valence-electron chi connectivity index (χ1n) is 7.50.